The summed E-state index contributed by atoms with van der Waals surface area (Å²) in [4.78, 5) is 0. The molecule has 0 aromatic heterocycles. The van der Waals surface area contributed by atoms with Crippen LogP contribution in [-0.2, 0) is 0 Å². The molecular weight excluding hydrogens is 300 g/mol. The Morgan fingerprint density at radius 2 is 2.12 bits per heavy atom. The smallest absolute Gasteiger partial charge is 0.133 e. The molecule has 2 nitrogen and oxygen atoms in total. The fourth-order valence-electron chi connectivity index (χ4n) is 1.46. The zero-order valence-corrected chi connectivity index (χ0v) is 12.8. The van der Waals surface area contributed by atoms with Crippen molar-refractivity contribution >= 4 is 28.6 Å². The van der Waals surface area contributed by atoms with Crippen molar-refractivity contribution in [2.75, 3.05) is 19.5 Å². The second kappa shape index (κ2) is 7.88. The van der Waals surface area contributed by atoms with E-state index < -0.39 is 0 Å². The highest BCUT2D eigenvalue weighted by Crippen LogP contribution is 2.29. The largest absolute Gasteiger partial charge is 0.497 e. The predicted molar refractivity (Wildman–Crippen MR) is 78.4 cm³/mol. The van der Waals surface area contributed by atoms with Gasteiger partial charge in [0, 0.05) is 0 Å². The monoisotopic (exact) mass is 318 g/mol. The molecule has 0 spiro atoms. The lowest BCUT2D eigenvalue weighted by molar-refractivity contribution is 0.280. The Bertz CT molecular complexity index is 344. The van der Waals surface area contributed by atoms with Gasteiger partial charge in [0.2, 0.25) is 0 Å². The number of benzene rings is 1. The summed E-state index contributed by atoms with van der Waals surface area (Å²) in [6.45, 7) is 2.96. The van der Waals surface area contributed by atoms with Gasteiger partial charge < -0.3 is 9.47 Å². The topological polar surface area (TPSA) is 18.5 Å². The van der Waals surface area contributed by atoms with Gasteiger partial charge in [-0.1, -0.05) is 6.92 Å². The van der Waals surface area contributed by atoms with Crippen molar-refractivity contribution in [2.24, 2.45) is 5.92 Å². The van der Waals surface area contributed by atoms with Gasteiger partial charge >= 0.3 is 0 Å². The zero-order chi connectivity index (χ0) is 12.7. The van der Waals surface area contributed by atoms with Crippen molar-refractivity contribution in [2.45, 2.75) is 19.8 Å². The summed E-state index contributed by atoms with van der Waals surface area (Å²) in [5, 5.41) is 0. The van der Waals surface area contributed by atoms with Crippen LogP contribution in [-0.4, -0.2) is 19.5 Å². The molecule has 0 fully saturated rings. The normalized spacial score (nSPS) is 12.2. The molecule has 0 bridgehead atoms. The molecule has 1 atom stereocenters. The molecule has 0 aliphatic carbocycles. The van der Waals surface area contributed by atoms with E-state index in [4.69, 9.17) is 9.47 Å². The molecule has 0 saturated heterocycles. The Kier molecular flexibility index (Phi) is 6.82. The van der Waals surface area contributed by atoms with Crippen molar-refractivity contribution in [3.05, 3.63) is 22.7 Å². The average Bonchev–Trinajstić information content (AvgIpc) is 2.31. The van der Waals surface area contributed by atoms with Gasteiger partial charge in [-0.15, -0.1) is 0 Å². The first-order valence-electron chi connectivity index (χ1n) is 5.74. The van der Waals surface area contributed by atoms with Crippen LogP contribution in [0.2, 0.25) is 0 Å². The minimum absolute atomic E-state index is 0.657. The van der Waals surface area contributed by atoms with Crippen LogP contribution >= 0.6 is 28.6 Å². The van der Waals surface area contributed by atoms with E-state index in [1.54, 1.807) is 7.11 Å². The van der Waals surface area contributed by atoms with Crippen molar-refractivity contribution in [1.29, 1.82) is 0 Å². The van der Waals surface area contributed by atoms with Crippen molar-refractivity contribution in [1.82, 2.24) is 0 Å². The minimum Gasteiger partial charge on any atom is -0.497 e. The highest BCUT2D eigenvalue weighted by Gasteiger charge is 2.05. The third-order valence-corrected chi connectivity index (χ3v) is 3.51. The molecule has 4 heteroatoms. The van der Waals surface area contributed by atoms with Crippen molar-refractivity contribution in [3.8, 4) is 11.5 Å². The Hall–Kier alpha value is -0.350. The van der Waals surface area contributed by atoms with Crippen LogP contribution in [0.1, 0.15) is 19.8 Å². The van der Waals surface area contributed by atoms with E-state index in [0.29, 0.717) is 5.92 Å². The summed E-state index contributed by atoms with van der Waals surface area (Å²) < 4.78 is 11.8. The van der Waals surface area contributed by atoms with Gasteiger partial charge in [-0.25, -0.2) is 0 Å². The van der Waals surface area contributed by atoms with Crippen molar-refractivity contribution < 1.29 is 9.47 Å². The lowest BCUT2D eigenvalue weighted by Gasteiger charge is -2.12. The molecule has 0 aliphatic heterocycles. The fraction of sp³-hybridized carbons (Fsp3) is 0.538. The summed E-state index contributed by atoms with van der Waals surface area (Å²) in [7, 11) is 1.65. The first-order valence-corrected chi connectivity index (χ1v) is 7.17. The maximum atomic E-state index is 5.73. The molecule has 96 valence electrons. The van der Waals surface area contributed by atoms with E-state index >= 15 is 0 Å². The van der Waals surface area contributed by atoms with E-state index in [-0.39, 0.29) is 0 Å². The second-order valence-electron chi connectivity index (χ2n) is 4.05. The van der Waals surface area contributed by atoms with E-state index in [1.807, 2.05) is 18.2 Å². The van der Waals surface area contributed by atoms with E-state index in [2.05, 4.69) is 35.5 Å². The van der Waals surface area contributed by atoms with Crippen LogP contribution in [0.25, 0.3) is 0 Å². The maximum Gasteiger partial charge on any atom is 0.133 e. The molecule has 0 saturated carbocycles. The number of rotatable bonds is 7. The van der Waals surface area contributed by atoms with Gasteiger partial charge in [0.05, 0.1) is 18.2 Å². The highest BCUT2D eigenvalue weighted by atomic mass is 79.9. The molecule has 0 aliphatic rings. The summed E-state index contributed by atoms with van der Waals surface area (Å²) in [6, 6.07) is 5.73. The van der Waals surface area contributed by atoms with Gasteiger partial charge in [-0.3, -0.25) is 0 Å². The predicted octanol–water partition coefficient (Wildman–Crippen LogP) is 4.18. The van der Waals surface area contributed by atoms with Crippen LogP contribution in [0.4, 0.5) is 0 Å². The van der Waals surface area contributed by atoms with Gasteiger partial charge in [-0.2, -0.15) is 12.6 Å². The van der Waals surface area contributed by atoms with Crippen LogP contribution in [0.5, 0.6) is 11.5 Å². The first kappa shape index (κ1) is 14.7. The molecular formula is C13H19BrO2S. The molecule has 0 heterocycles. The first-order chi connectivity index (χ1) is 8.17. The Labute approximate surface area is 117 Å². The fourth-order valence-corrected chi connectivity index (χ4v) is 2.37. The third kappa shape index (κ3) is 5.21. The number of hydrogen-bond acceptors (Lipinski definition) is 3. The van der Waals surface area contributed by atoms with E-state index in [0.717, 1.165) is 41.2 Å². The summed E-state index contributed by atoms with van der Waals surface area (Å²) in [5.74, 6) is 3.29. The Balaban J connectivity index is 2.41. The van der Waals surface area contributed by atoms with Gasteiger partial charge in [0.1, 0.15) is 11.5 Å². The molecule has 1 unspecified atom stereocenters. The zero-order valence-electron chi connectivity index (χ0n) is 10.3. The average molecular weight is 319 g/mol. The van der Waals surface area contributed by atoms with Crippen LogP contribution in [0.15, 0.2) is 22.7 Å². The van der Waals surface area contributed by atoms with Gasteiger partial charge in [0.15, 0.2) is 0 Å². The number of methoxy groups -OCH3 is 1. The molecule has 1 rings (SSSR count). The SMILES string of the molecule is COc1ccc(OCCC(C)CCS)c(Br)c1. The molecule has 1 aromatic rings. The molecule has 1 aromatic carbocycles. The molecule has 0 amide bonds. The van der Waals surface area contributed by atoms with E-state index in [9.17, 15) is 0 Å². The van der Waals surface area contributed by atoms with E-state index in [1.165, 1.54) is 0 Å². The minimum atomic E-state index is 0.657. The highest BCUT2D eigenvalue weighted by molar-refractivity contribution is 9.10. The number of hydrogen-bond donors (Lipinski definition) is 1. The molecule has 0 N–H and O–H groups in total. The molecule has 0 radical (unpaired) electrons. The maximum absolute atomic E-state index is 5.73. The lowest BCUT2D eigenvalue weighted by Crippen LogP contribution is -2.05. The van der Waals surface area contributed by atoms with Crippen LogP contribution < -0.4 is 9.47 Å². The number of thiol groups is 1. The third-order valence-electron chi connectivity index (χ3n) is 2.63. The summed E-state index contributed by atoms with van der Waals surface area (Å²) >= 11 is 7.70. The van der Waals surface area contributed by atoms with Crippen LogP contribution in [0.3, 0.4) is 0 Å². The molecule has 17 heavy (non-hydrogen) atoms. The standard InChI is InChI=1S/C13H19BrO2S/c1-10(6-8-17)5-7-16-13-4-3-11(15-2)9-12(13)14/h3-4,9-10,17H,5-8H2,1-2H3. The summed E-state index contributed by atoms with van der Waals surface area (Å²) in [6.07, 6.45) is 2.19. The summed E-state index contributed by atoms with van der Waals surface area (Å²) in [5.41, 5.74) is 0. The quantitative estimate of drug-likeness (QED) is 0.760. The Morgan fingerprint density at radius 3 is 2.71 bits per heavy atom. The lowest BCUT2D eigenvalue weighted by atomic mass is 10.1. The van der Waals surface area contributed by atoms with Crippen molar-refractivity contribution in [3.63, 3.8) is 0 Å². The number of ether oxygens (including phenoxy) is 2. The van der Waals surface area contributed by atoms with Gasteiger partial charge in [-0.05, 0) is 58.6 Å². The number of halogens is 1. The Morgan fingerprint density at radius 1 is 1.35 bits per heavy atom. The van der Waals surface area contributed by atoms with Gasteiger partial charge in [0.25, 0.3) is 0 Å². The second-order valence-corrected chi connectivity index (χ2v) is 5.35. The van der Waals surface area contributed by atoms with Crippen LogP contribution in [0, 0.1) is 5.92 Å².